The van der Waals surface area contributed by atoms with E-state index in [1.54, 1.807) is 7.11 Å². The second-order valence-electron chi connectivity index (χ2n) is 6.11. The molecule has 4 nitrogen and oxygen atoms in total. The summed E-state index contributed by atoms with van der Waals surface area (Å²) in [4.78, 5) is 4.43. The minimum absolute atomic E-state index is 0. The molecule has 1 aromatic rings. The number of hydrogen-bond donors (Lipinski definition) is 2. The molecule has 21 heavy (non-hydrogen) atoms. The van der Waals surface area contributed by atoms with Crippen molar-refractivity contribution in [1.82, 2.24) is 0 Å². The number of aliphatic imine (C=N–C) groups is 1. The number of aryl methyl sites for hydroxylation is 2. The summed E-state index contributed by atoms with van der Waals surface area (Å²) in [7, 11) is 1.72. The maximum absolute atomic E-state index is 5.95. The molecule has 3 N–H and O–H groups in total. The number of guanidine groups is 1. The highest BCUT2D eigenvalue weighted by Gasteiger charge is 2.16. The first-order chi connectivity index (χ1) is 9.32. The lowest BCUT2D eigenvalue weighted by Gasteiger charge is -2.22. The van der Waals surface area contributed by atoms with Gasteiger partial charge < -0.3 is 15.8 Å². The van der Waals surface area contributed by atoms with E-state index < -0.39 is 0 Å². The number of rotatable bonds is 6. The van der Waals surface area contributed by atoms with Gasteiger partial charge in [0.05, 0.1) is 0 Å². The van der Waals surface area contributed by atoms with E-state index in [4.69, 9.17) is 10.5 Å². The Morgan fingerprint density at radius 3 is 2.33 bits per heavy atom. The van der Waals surface area contributed by atoms with Crippen LogP contribution in [0.15, 0.2) is 23.2 Å². The number of nitrogens with one attached hydrogen (secondary N) is 1. The minimum Gasteiger partial charge on any atom is -0.385 e. The van der Waals surface area contributed by atoms with E-state index >= 15 is 0 Å². The predicted molar refractivity (Wildman–Crippen MR) is 102 cm³/mol. The van der Waals surface area contributed by atoms with Crippen molar-refractivity contribution in [2.45, 2.75) is 34.1 Å². The molecule has 0 aliphatic heterocycles. The van der Waals surface area contributed by atoms with Gasteiger partial charge in [0.2, 0.25) is 0 Å². The smallest absolute Gasteiger partial charge is 0.193 e. The molecule has 0 fully saturated rings. The third kappa shape index (κ3) is 8.26. The monoisotopic (exact) mass is 405 g/mol. The molecule has 5 heteroatoms. The molecular formula is C16H28IN3O. The van der Waals surface area contributed by atoms with Gasteiger partial charge in [0.15, 0.2) is 5.96 Å². The standard InChI is InChI=1S/C16H27N3O.HI/c1-12-8-13(2)10-14(9-12)19-15(17)18-11-16(3,4)6-7-20-5;/h8-10H,6-7,11H2,1-5H3,(H3,17,18,19);1H. The van der Waals surface area contributed by atoms with Crippen LogP contribution in [0.5, 0.6) is 0 Å². The van der Waals surface area contributed by atoms with E-state index in [0.29, 0.717) is 12.5 Å². The lowest BCUT2D eigenvalue weighted by atomic mass is 9.90. The number of ether oxygens (including phenoxy) is 1. The van der Waals surface area contributed by atoms with Gasteiger partial charge in [0.1, 0.15) is 0 Å². The second-order valence-corrected chi connectivity index (χ2v) is 6.11. The molecule has 0 saturated carbocycles. The highest BCUT2D eigenvalue weighted by molar-refractivity contribution is 14.0. The van der Waals surface area contributed by atoms with Gasteiger partial charge in [-0.3, -0.25) is 4.99 Å². The maximum atomic E-state index is 5.95. The number of nitrogens with two attached hydrogens (primary N) is 1. The van der Waals surface area contributed by atoms with E-state index in [1.165, 1.54) is 11.1 Å². The van der Waals surface area contributed by atoms with Gasteiger partial charge in [-0.25, -0.2) is 0 Å². The van der Waals surface area contributed by atoms with E-state index in [0.717, 1.165) is 18.7 Å². The summed E-state index contributed by atoms with van der Waals surface area (Å²) in [5.41, 5.74) is 9.44. The van der Waals surface area contributed by atoms with Crippen molar-refractivity contribution in [3.05, 3.63) is 29.3 Å². The van der Waals surface area contributed by atoms with E-state index in [1.807, 2.05) is 0 Å². The largest absolute Gasteiger partial charge is 0.385 e. The first-order valence-corrected chi connectivity index (χ1v) is 6.96. The van der Waals surface area contributed by atoms with Gasteiger partial charge in [-0.2, -0.15) is 0 Å². The van der Waals surface area contributed by atoms with Crippen molar-refractivity contribution in [1.29, 1.82) is 0 Å². The van der Waals surface area contributed by atoms with Crippen LogP contribution in [0.1, 0.15) is 31.4 Å². The number of hydrogen-bond acceptors (Lipinski definition) is 2. The van der Waals surface area contributed by atoms with Gasteiger partial charge in [0.25, 0.3) is 0 Å². The highest BCUT2D eigenvalue weighted by Crippen LogP contribution is 2.20. The molecular weight excluding hydrogens is 377 g/mol. The van der Waals surface area contributed by atoms with E-state index in [2.05, 4.69) is 56.2 Å². The predicted octanol–water partition coefficient (Wildman–Crippen LogP) is 3.71. The van der Waals surface area contributed by atoms with Gasteiger partial charge in [-0.15, -0.1) is 24.0 Å². The Balaban J connectivity index is 0.00000400. The van der Waals surface area contributed by atoms with Crippen LogP contribution in [0, 0.1) is 19.3 Å². The zero-order valence-corrected chi connectivity index (χ0v) is 16.0. The summed E-state index contributed by atoms with van der Waals surface area (Å²) in [5.74, 6) is 0.459. The summed E-state index contributed by atoms with van der Waals surface area (Å²) in [5, 5.41) is 3.15. The summed E-state index contributed by atoms with van der Waals surface area (Å²) in [6.07, 6.45) is 0.962. The van der Waals surface area contributed by atoms with Gasteiger partial charge in [-0.1, -0.05) is 19.9 Å². The third-order valence-electron chi connectivity index (χ3n) is 3.15. The van der Waals surface area contributed by atoms with Gasteiger partial charge in [-0.05, 0) is 48.9 Å². The number of methoxy groups -OCH3 is 1. The van der Waals surface area contributed by atoms with Gasteiger partial charge in [0, 0.05) is 25.9 Å². The van der Waals surface area contributed by atoms with E-state index in [9.17, 15) is 0 Å². The molecule has 0 amide bonds. The quantitative estimate of drug-likeness (QED) is 0.431. The lowest BCUT2D eigenvalue weighted by Crippen LogP contribution is -2.26. The average Bonchev–Trinajstić information content (AvgIpc) is 2.33. The van der Waals surface area contributed by atoms with Gasteiger partial charge >= 0.3 is 0 Å². The fraction of sp³-hybridized carbons (Fsp3) is 0.562. The fourth-order valence-electron chi connectivity index (χ4n) is 1.99. The third-order valence-corrected chi connectivity index (χ3v) is 3.15. The summed E-state index contributed by atoms with van der Waals surface area (Å²) in [6, 6.07) is 6.25. The SMILES string of the molecule is COCCC(C)(C)CN=C(N)Nc1cc(C)cc(C)c1.I. The molecule has 0 bridgehead atoms. The van der Waals surface area contributed by atoms with Crippen molar-refractivity contribution < 1.29 is 4.74 Å². The number of benzene rings is 1. The summed E-state index contributed by atoms with van der Waals surface area (Å²) < 4.78 is 5.11. The molecule has 120 valence electrons. The van der Waals surface area contributed by atoms with Crippen LogP contribution in [-0.2, 0) is 4.74 Å². The van der Waals surface area contributed by atoms with Crippen LogP contribution in [-0.4, -0.2) is 26.2 Å². The Kier molecular flexibility index (Phi) is 8.89. The first-order valence-electron chi connectivity index (χ1n) is 6.96. The van der Waals surface area contributed by atoms with Crippen LogP contribution >= 0.6 is 24.0 Å². The van der Waals surface area contributed by atoms with Crippen LogP contribution in [0.4, 0.5) is 5.69 Å². The summed E-state index contributed by atoms with van der Waals surface area (Å²) in [6.45, 7) is 9.89. The zero-order chi connectivity index (χ0) is 15.2. The van der Waals surface area contributed by atoms with Crippen molar-refractivity contribution in [3.63, 3.8) is 0 Å². The molecule has 0 aromatic heterocycles. The average molecular weight is 405 g/mol. The van der Waals surface area contributed by atoms with Crippen LogP contribution in [0.25, 0.3) is 0 Å². The maximum Gasteiger partial charge on any atom is 0.193 e. The number of halogens is 1. The van der Waals surface area contributed by atoms with E-state index in [-0.39, 0.29) is 29.4 Å². The highest BCUT2D eigenvalue weighted by atomic mass is 127. The Bertz CT molecular complexity index is 452. The number of anilines is 1. The Morgan fingerprint density at radius 1 is 1.24 bits per heavy atom. The molecule has 0 aliphatic carbocycles. The topological polar surface area (TPSA) is 59.6 Å². The van der Waals surface area contributed by atoms with Crippen molar-refractivity contribution in [2.24, 2.45) is 16.1 Å². The molecule has 0 aliphatic rings. The van der Waals surface area contributed by atoms with Crippen molar-refractivity contribution >= 4 is 35.6 Å². The molecule has 0 saturated heterocycles. The summed E-state index contributed by atoms with van der Waals surface area (Å²) >= 11 is 0. The molecule has 0 spiro atoms. The Labute approximate surface area is 145 Å². The van der Waals surface area contributed by atoms with Crippen LogP contribution < -0.4 is 11.1 Å². The normalized spacial score (nSPS) is 12.0. The van der Waals surface area contributed by atoms with Crippen molar-refractivity contribution in [3.8, 4) is 0 Å². The molecule has 0 unspecified atom stereocenters. The second kappa shape index (κ2) is 9.25. The lowest BCUT2D eigenvalue weighted by molar-refractivity contribution is 0.155. The molecule has 0 radical (unpaired) electrons. The molecule has 0 atom stereocenters. The zero-order valence-electron chi connectivity index (χ0n) is 13.7. The van der Waals surface area contributed by atoms with Crippen LogP contribution in [0.3, 0.4) is 0 Å². The first kappa shape index (κ1) is 20.2. The molecule has 1 rings (SSSR count). The number of nitrogens with zero attached hydrogens (tertiary/aromatic N) is 1. The fourth-order valence-corrected chi connectivity index (χ4v) is 1.99. The Morgan fingerprint density at radius 2 is 1.81 bits per heavy atom. The van der Waals surface area contributed by atoms with Crippen LogP contribution in [0.2, 0.25) is 0 Å². The van der Waals surface area contributed by atoms with Crippen molar-refractivity contribution in [2.75, 3.05) is 25.6 Å². The Hall–Kier alpha value is -0.820. The molecule has 0 heterocycles. The molecule has 1 aromatic carbocycles. The minimum atomic E-state index is 0.